The summed E-state index contributed by atoms with van der Waals surface area (Å²) in [5.41, 5.74) is 7.56. The molecule has 0 unspecified atom stereocenters. The van der Waals surface area contributed by atoms with Crippen molar-refractivity contribution in [3.63, 3.8) is 0 Å². The number of ether oxygens (including phenoxy) is 1. The van der Waals surface area contributed by atoms with Crippen molar-refractivity contribution in [3.8, 4) is 16.8 Å². The lowest BCUT2D eigenvalue weighted by Crippen LogP contribution is -2.46. The van der Waals surface area contributed by atoms with Crippen molar-refractivity contribution in [1.82, 2.24) is 34.8 Å². The Morgan fingerprint density at radius 1 is 1.12 bits per heavy atom. The molecule has 2 aromatic heterocycles. The minimum Gasteiger partial charge on any atom is -0.447 e. The summed E-state index contributed by atoms with van der Waals surface area (Å²) in [6.07, 6.45) is -1.12. The van der Waals surface area contributed by atoms with Crippen molar-refractivity contribution in [2.75, 3.05) is 13.2 Å². The van der Waals surface area contributed by atoms with Gasteiger partial charge in [-0.1, -0.05) is 50.6 Å². The second kappa shape index (κ2) is 15.4. The van der Waals surface area contributed by atoms with Gasteiger partial charge in [0.15, 0.2) is 11.8 Å². The van der Waals surface area contributed by atoms with E-state index in [1.54, 1.807) is 0 Å². The molecule has 18 heteroatoms. The van der Waals surface area contributed by atoms with Gasteiger partial charge in [-0.05, 0) is 47.2 Å². The molecule has 0 bridgehead atoms. The minimum atomic E-state index is -3.01. The highest BCUT2D eigenvalue weighted by molar-refractivity contribution is 6.32. The lowest BCUT2D eigenvalue weighted by atomic mass is 9.92. The van der Waals surface area contributed by atoms with Crippen molar-refractivity contribution in [2.24, 2.45) is 16.1 Å². The van der Waals surface area contributed by atoms with E-state index >= 15 is 0 Å². The summed E-state index contributed by atoms with van der Waals surface area (Å²) in [5, 5.41) is 9.95. The first-order valence-electron chi connectivity index (χ1n) is 15.7. The molecular weight excluding hydrogens is 701 g/mol. The standard InChI is InChI=1S/C33H35ClF5N9O3/c1-33(2,3)10-11-41-31(40)47(29(49)19-6-4-18(5-7-19)21-14-43-46(15-21)30(38)39)26(16-51-32(50)45-24-13-23(24)35)20-8-9-22(34)25(12-20)48-28(27(36)37)42-17-44-48/h4-9,12,14-15,17,23-24,26-27,30H,10-11,13,16H2,1-3H3,(H2,40,41)(H,45,50)/t23-,24+,26-/m1/s1. The molecule has 2 aromatic carbocycles. The SMILES string of the molecule is CC(C)(C)CCN=C(N)N(C(=O)c1ccc(-c2cnn(C(F)F)c2)cc1)[C@H](COC(=O)N[C@H]1C[C@H]1F)c1ccc(Cl)c(-n2ncnc2C(F)F)c1. The number of alkyl carbamates (subject to hydrolysis) is 1. The average Bonchev–Trinajstić information content (AvgIpc) is 3.44. The Balaban J connectivity index is 1.56. The third-order valence-corrected chi connectivity index (χ3v) is 8.24. The first-order chi connectivity index (χ1) is 24.1. The minimum absolute atomic E-state index is 0.0148. The Bertz CT molecular complexity index is 1880. The van der Waals surface area contributed by atoms with Crippen LogP contribution in [0.2, 0.25) is 5.02 Å². The predicted octanol–water partition coefficient (Wildman–Crippen LogP) is 6.89. The molecule has 4 aromatic rings. The predicted molar refractivity (Wildman–Crippen MR) is 177 cm³/mol. The average molecular weight is 736 g/mol. The summed E-state index contributed by atoms with van der Waals surface area (Å²) in [5.74, 6) is -1.65. The maximum absolute atomic E-state index is 14.4. The van der Waals surface area contributed by atoms with Crippen LogP contribution in [-0.4, -0.2) is 72.8 Å². The highest BCUT2D eigenvalue weighted by Crippen LogP contribution is 2.32. The zero-order chi connectivity index (χ0) is 37.0. The van der Waals surface area contributed by atoms with Gasteiger partial charge in [-0.15, -0.1) is 0 Å². The van der Waals surface area contributed by atoms with Gasteiger partial charge in [0, 0.05) is 30.3 Å². The molecule has 0 spiro atoms. The number of carbonyl (C=O) groups is 2. The van der Waals surface area contributed by atoms with Crippen LogP contribution < -0.4 is 11.1 Å². The summed E-state index contributed by atoms with van der Waals surface area (Å²) >= 11 is 6.43. The Labute approximate surface area is 294 Å². The van der Waals surface area contributed by atoms with E-state index < -0.39 is 55.7 Å². The molecule has 2 heterocycles. The number of hydrogen-bond acceptors (Lipinski definition) is 7. The molecule has 0 saturated heterocycles. The number of aliphatic imine (C=N–C) groups is 1. The van der Waals surface area contributed by atoms with Gasteiger partial charge in [0.1, 0.15) is 19.1 Å². The lowest BCUT2D eigenvalue weighted by Gasteiger charge is -2.32. The third kappa shape index (κ3) is 9.19. The van der Waals surface area contributed by atoms with Crippen LogP contribution in [0.3, 0.4) is 0 Å². The molecule has 5 rings (SSSR count). The van der Waals surface area contributed by atoms with E-state index in [1.807, 2.05) is 20.8 Å². The number of hydrogen-bond donors (Lipinski definition) is 2. The second-order valence-corrected chi connectivity index (χ2v) is 13.4. The zero-order valence-electron chi connectivity index (χ0n) is 27.7. The quantitative estimate of drug-likeness (QED) is 0.0916. The second-order valence-electron chi connectivity index (χ2n) is 12.9. The van der Waals surface area contributed by atoms with E-state index in [4.69, 9.17) is 22.1 Å². The fourth-order valence-electron chi connectivity index (χ4n) is 4.99. The third-order valence-electron chi connectivity index (χ3n) is 7.92. The van der Waals surface area contributed by atoms with Crippen LogP contribution in [0.1, 0.15) is 74.4 Å². The molecule has 1 fully saturated rings. The molecule has 2 amide bonds. The molecule has 0 aliphatic heterocycles. The monoisotopic (exact) mass is 735 g/mol. The maximum atomic E-state index is 14.4. The molecule has 12 nitrogen and oxygen atoms in total. The largest absolute Gasteiger partial charge is 0.447 e. The van der Waals surface area contributed by atoms with Gasteiger partial charge in [-0.25, -0.2) is 32.3 Å². The van der Waals surface area contributed by atoms with Gasteiger partial charge in [-0.2, -0.15) is 19.0 Å². The van der Waals surface area contributed by atoms with E-state index in [-0.39, 0.29) is 46.2 Å². The summed E-state index contributed by atoms with van der Waals surface area (Å²) in [6, 6.07) is 8.26. The van der Waals surface area contributed by atoms with Crippen LogP contribution in [0.15, 0.2) is 66.2 Å². The first kappa shape index (κ1) is 37.2. The Morgan fingerprint density at radius 3 is 2.43 bits per heavy atom. The molecule has 3 atom stereocenters. The number of rotatable bonds is 12. The smallest absolute Gasteiger partial charge is 0.407 e. The molecule has 0 radical (unpaired) electrons. The molecule has 51 heavy (non-hydrogen) atoms. The van der Waals surface area contributed by atoms with Crippen molar-refractivity contribution in [2.45, 2.75) is 64.8 Å². The molecule has 272 valence electrons. The highest BCUT2D eigenvalue weighted by Gasteiger charge is 2.39. The zero-order valence-corrected chi connectivity index (χ0v) is 28.4. The van der Waals surface area contributed by atoms with Gasteiger partial charge in [0.25, 0.3) is 12.3 Å². The van der Waals surface area contributed by atoms with Gasteiger partial charge in [0.2, 0.25) is 0 Å². The number of halogens is 6. The number of alkyl halides is 5. The highest BCUT2D eigenvalue weighted by atomic mass is 35.5. The van der Waals surface area contributed by atoms with E-state index in [0.717, 1.165) is 22.1 Å². The molecule has 1 aliphatic rings. The fraction of sp³-hybridized carbons (Fsp3) is 0.394. The Morgan fingerprint density at radius 2 is 1.82 bits per heavy atom. The van der Waals surface area contributed by atoms with Crippen LogP contribution in [0, 0.1) is 5.41 Å². The van der Waals surface area contributed by atoms with Crippen molar-refractivity contribution in [3.05, 3.63) is 83.2 Å². The number of benzene rings is 2. The lowest BCUT2D eigenvalue weighted by molar-refractivity contribution is 0.0566. The van der Waals surface area contributed by atoms with Gasteiger partial charge >= 0.3 is 12.6 Å². The van der Waals surface area contributed by atoms with Crippen LogP contribution in [0.4, 0.5) is 26.7 Å². The fourth-order valence-corrected chi connectivity index (χ4v) is 5.19. The number of nitrogens with one attached hydrogen (secondary N) is 1. The Kier molecular flexibility index (Phi) is 11.3. The topological polar surface area (TPSA) is 146 Å². The number of nitrogens with two attached hydrogens (primary N) is 1. The van der Waals surface area contributed by atoms with Crippen LogP contribution in [0.25, 0.3) is 16.8 Å². The van der Waals surface area contributed by atoms with Crippen LogP contribution in [0.5, 0.6) is 0 Å². The van der Waals surface area contributed by atoms with E-state index in [2.05, 4.69) is 25.5 Å². The van der Waals surface area contributed by atoms with E-state index in [1.165, 1.54) is 48.7 Å². The van der Waals surface area contributed by atoms with E-state index in [0.29, 0.717) is 22.2 Å². The summed E-state index contributed by atoms with van der Waals surface area (Å²) in [7, 11) is 0. The number of guanidine groups is 1. The van der Waals surface area contributed by atoms with Crippen molar-refractivity contribution in [1.29, 1.82) is 0 Å². The number of amides is 2. The van der Waals surface area contributed by atoms with Gasteiger partial charge < -0.3 is 15.8 Å². The number of nitrogens with zero attached hydrogens (tertiary/aromatic N) is 7. The summed E-state index contributed by atoms with van der Waals surface area (Å²) < 4.78 is 74.2. The summed E-state index contributed by atoms with van der Waals surface area (Å²) in [6.45, 7) is 2.83. The van der Waals surface area contributed by atoms with Crippen molar-refractivity contribution < 1.29 is 36.3 Å². The van der Waals surface area contributed by atoms with Gasteiger partial charge in [0.05, 0.1) is 29.0 Å². The molecular formula is C33H35ClF5N9O3. The maximum Gasteiger partial charge on any atom is 0.407 e. The van der Waals surface area contributed by atoms with Crippen molar-refractivity contribution >= 4 is 29.6 Å². The number of aromatic nitrogens is 5. The van der Waals surface area contributed by atoms with E-state index in [9.17, 15) is 31.5 Å². The molecule has 3 N–H and O–H groups in total. The number of carbonyl (C=O) groups excluding carboxylic acids is 2. The molecule has 1 aliphatic carbocycles. The normalized spacial score (nSPS) is 16.7. The van der Waals surface area contributed by atoms with Crippen LogP contribution in [-0.2, 0) is 4.74 Å². The first-order valence-corrected chi connectivity index (χ1v) is 16.1. The summed E-state index contributed by atoms with van der Waals surface area (Å²) in [4.78, 5) is 36.3. The Hall–Kier alpha value is -5.06. The molecule has 1 saturated carbocycles. The van der Waals surface area contributed by atoms with Crippen LogP contribution >= 0.6 is 11.6 Å². The van der Waals surface area contributed by atoms with Gasteiger partial charge in [-0.3, -0.25) is 14.7 Å².